The molecule has 0 saturated heterocycles. The van der Waals surface area contributed by atoms with Crippen molar-refractivity contribution in [2.45, 2.75) is 12.8 Å². The fourth-order valence-corrected chi connectivity index (χ4v) is 0.819. The van der Waals surface area contributed by atoms with Crippen molar-refractivity contribution >= 4 is 5.97 Å². The largest absolute Gasteiger partial charge is 0.481 e. The van der Waals surface area contributed by atoms with Gasteiger partial charge in [-0.1, -0.05) is 0 Å². The van der Waals surface area contributed by atoms with E-state index in [1.807, 2.05) is 0 Å². The van der Waals surface area contributed by atoms with E-state index in [9.17, 15) is 13.6 Å². The minimum atomic E-state index is -2.73. The standard InChI is InChI=1S/C6H6F2N2O2/c7-6(8)5-3(1-4(11)12)2-9-10-5/h2,6H,1H2,(H,9,10)(H,11,12). The second-order valence-electron chi connectivity index (χ2n) is 2.17. The second kappa shape index (κ2) is 3.29. The van der Waals surface area contributed by atoms with E-state index in [1.54, 1.807) is 0 Å². The van der Waals surface area contributed by atoms with Gasteiger partial charge >= 0.3 is 5.97 Å². The van der Waals surface area contributed by atoms with Crippen LogP contribution in [0.4, 0.5) is 8.78 Å². The summed E-state index contributed by atoms with van der Waals surface area (Å²) >= 11 is 0. The lowest BCUT2D eigenvalue weighted by Gasteiger charge is -1.95. The molecule has 0 aliphatic rings. The van der Waals surface area contributed by atoms with Crippen LogP contribution in [0.2, 0.25) is 0 Å². The fourth-order valence-electron chi connectivity index (χ4n) is 0.819. The van der Waals surface area contributed by atoms with Crippen LogP contribution in [0.5, 0.6) is 0 Å². The van der Waals surface area contributed by atoms with Gasteiger partial charge in [0.1, 0.15) is 5.69 Å². The first-order valence-electron chi connectivity index (χ1n) is 3.13. The molecule has 66 valence electrons. The quantitative estimate of drug-likeness (QED) is 0.721. The Morgan fingerprint density at radius 1 is 1.75 bits per heavy atom. The zero-order valence-corrected chi connectivity index (χ0v) is 5.92. The van der Waals surface area contributed by atoms with Gasteiger partial charge in [0.15, 0.2) is 0 Å². The number of hydrogen-bond acceptors (Lipinski definition) is 2. The number of aromatic nitrogens is 2. The number of nitrogens with zero attached hydrogens (tertiary/aromatic N) is 1. The molecule has 0 spiro atoms. The highest BCUT2D eigenvalue weighted by molar-refractivity contribution is 5.70. The van der Waals surface area contributed by atoms with Crippen LogP contribution in [0.15, 0.2) is 6.20 Å². The van der Waals surface area contributed by atoms with E-state index in [4.69, 9.17) is 5.11 Å². The summed E-state index contributed by atoms with van der Waals surface area (Å²) in [5, 5.41) is 13.7. The summed E-state index contributed by atoms with van der Waals surface area (Å²) in [6.07, 6.45) is -2.00. The van der Waals surface area contributed by atoms with Gasteiger partial charge in [-0.2, -0.15) is 5.10 Å². The van der Waals surface area contributed by atoms with Crippen molar-refractivity contribution in [3.63, 3.8) is 0 Å². The number of alkyl halides is 2. The van der Waals surface area contributed by atoms with Crippen LogP contribution in [0.1, 0.15) is 17.7 Å². The molecule has 0 bridgehead atoms. The third kappa shape index (κ3) is 1.77. The van der Waals surface area contributed by atoms with E-state index in [0.29, 0.717) is 0 Å². The molecule has 0 aliphatic heterocycles. The Balaban J connectivity index is 2.84. The molecule has 0 aromatic carbocycles. The summed E-state index contributed by atoms with van der Waals surface area (Å²) in [7, 11) is 0. The predicted molar refractivity (Wildman–Crippen MR) is 34.9 cm³/mol. The number of H-pyrrole nitrogens is 1. The van der Waals surface area contributed by atoms with Gasteiger partial charge in [0.2, 0.25) is 0 Å². The molecule has 0 unspecified atom stereocenters. The zero-order valence-electron chi connectivity index (χ0n) is 5.92. The summed E-state index contributed by atoms with van der Waals surface area (Å²) in [6.45, 7) is 0. The maximum Gasteiger partial charge on any atom is 0.307 e. The molecular formula is C6H6F2N2O2. The highest BCUT2D eigenvalue weighted by Gasteiger charge is 2.17. The van der Waals surface area contributed by atoms with Crippen molar-refractivity contribution in [2.24, 2.45) is 0 Å². The molecule has 0 aliphatic carbocycles. The number of rotatable bonds is 3. The number of carbonyl (C=O) groups is 1. The van der Waals surface area contributed by atoms with Crippen molar-refractivity contribution in [3.8, 4) is 0 Å². The number of hydrogen-bond donors (Lipinski definition) is 2. The Morgan fingerprint density at radius 2 is 2.42 bits per heavy atom. The SMILES string of the molecule is O=C(O)Cc1c[nH]nc1C(F)F. The van der Waals surface area contributed by atoms with Gasteiger partial charge in [-0.15, -0.1) is 0 Å². The molecule has 1 aromatic heterocycles. The van der Waals surface area contributed by atoms with E-state index < -0.39 is 24.5 Å². The lowest BCUT2D eigenvalue weighted by molar-refractivity contribution is -0.136. The molecule has 12 heavy (non-hydrogen) atoms. The van der Waals surface area contributed by atoms with E-state index in [0.717, 1.165) is 6.20 Å². The molecule has 2 N–H and O–H groups in total. The summed E-state index contributed by atoms with van der Waals surface area (Å²) in [6, 6.07) is 0. The lowest BCUT2D eigenvalue weighted by Crippen LogP contribution is -2.02. The van der Waals surface area contributed by atoms with Crippen molar-refractivity contribution in [2.75, 3.05) is 0 Å². The fraction of sp³-hybridized carbons (Fsp3) is 0.333. The summed E-state index contributed by atoms with van der Waals surface area (Å²) in [5.41, 5.74) is -0.463. The van der Waals surface area contributed by atoms with E-state index in [2.05, 4.69) is 10.2 Å². The van der Waals surface area contributed by atoms with Crippen molar-refractivity contribution < 1.29 is 18.7 Å². The van der Waals surface area contributed by atoms with Crippen LogP contribution in [-0.4, -0.2) is 21.3 Å². The van der Waals surface area contributed by atoms with Crippen LogP contribution in [0.25, 0.3) is 0 Å². The average Bonchev–Trinajstić information content (AvgIpc) is 2.33. The maximum atomic E-state index is 12.0. The number of halogens is 2. The summed E-state index contributed by atoms with van der Waals surface area (Å²) in [4.78, 5) is 10.2. The van der Waals surface area contributed by atoms with Gasteiger partial charge in [-0.25, -0.2) is 8.78 Å². The number of aliphatic carboxylic acids is 1. The summed E-state index contributed by atoms with van der Waals surface area (Å²) in [5.74, 6) is -1.15. The van der Waals surface area contributed by atoms with Crippen LogP contribution < -0.4 is 0 Å². The number of carboxylic acids is 1. The third-order valence-electron chi connectivity index (χ3n) is 1.30. The van der Waals surface area contributed by atoms with Gasteiger partial charge < -0.3 is 5.11 Å². The molecule has 1 rings (SSSR count). The Hall–Kier alpha value is -1.46. The third-order valence-corrected chi connectivity index (χ3v) is 1.30. The Kier molecular flexibility index (Phi) is 2.37. The molecule has 1 aromatic rings. The highest BCUT2D eigenvalue weighted by atomic mass is 19.3. The van der Waals surface area contributed by atoms with Crippen LogP contribution in [0, 0.1) is 0 Å². The zero-order chi connectivity index (χ0) is 9.14. The van der Waals surface area contributed by atoms with E-state index in [-0.39, 0.29) is 5.56 Å². The van der Waals surface area contributed by atoms with Crippen molar-refractivity contribution in [1.29, 1.82) is 0 Å². The first-order valence-corrected chi connectivity index (χ1v) is 3.13. The van der Waals surface area contributed by atoms with Crippen LogP contribution in [-0.2, 0) is 11.2 Å². The normalized spacial score (nSPS) is 10.6. The molecule has 0 atom stereocenters. The molecule has 4 nitrogen and oxygen atoms in total. The minimum Gasteiger partial charge on any atom is -0.481 e. The van der Waals surface area contributed by atoms with Crippen molar-refractivity contribution in [3.05, 3.63) is 17.5 Å². The average molecular weight is 176 g/mol. The van der Waals surface area contributed by atoms with Gasteiger partial charge in [-0.05, 0) is 0 Å². The molecule has 0 saturated carbocycles. The van der Waals surface area contributed by atoms with Gasteiger partial charge in [0, 0.05) is 11.8 Å². The molecular weight excluding hydrogens is 170 g/mol. The Morgan fingerprint density at radius 3 is 2.92 bits per heavy atom. The van der Waals surface area contributed by atoms with Crippen molar-refractivity contribution in [1.82, 2.24) is 10.2 Å². The monoisotopic (exact) mass is 176 g/mol. The van der Waals surface area contributed by atoms with E-state index in [1.165, 1.54) is 0 Å². The lowest BCUT2D eigenvalue weighted by atomic mass is 10.2. The topological polar surface area (TPSA) is 66.0 Å². The Bertz CT molecular complexity index is 285. The smallest absolute Gasteiger partial charge is 0.307 e. The number of carboxylic acid groups (broad SMARTS) is 1. The van der Waals surface area contributed by atoms with Gasteiger partial charge in [0.25, 0.3) is 6.43 Å². The van der Waals surface area contributed by atoms with Gasteiger partial charge in [-0.3, -0.25) is 9.89 Å². The number of nitrogens with one attached hydrogen (secondary N) is 1. The first-order chi connectivity index (χ1) is 5.61. The Labute approximate surface area is 66.2 Å². The molecule has 6 heteroatoms. The highest BCUT2D eigenvalue weighted by Crippen LogP contribution is 2.19. The molecule has 0 radical (unpaired) electrons. The first kappa shape index (κ1) is 8.63. The summed E-state index contributed by atoms with van der Waals surface area (Å²) < 4.78 is 24.1. The van der Waals surface area contributed by atoms with Crippen LogP contribution >= 0.6 is 0 Å². The molecule has 0 amide bonds. The minimum absolute atomic E-state index is 0.0255. The van der Waals surface area contributed by atoms with E-state index >= 15 is 0 Å². The molecule has 0 fully saturated rings. The second-order valence-corrected chi connectivity index (χ2v) is 2.17. The number of aromatic amines is 1. The maximum absolute atomic E-state index is 12.0. The van der Waals surface area contributed by atoms with Crippen LogP contribution in [0.3, 0.4) is 0 Å². The molecule has 1 heterocycles. The predicted octanol–water partition coefficient (Wildman–Crippen LogP) is 0.974. The van der Waals surface area contributed by atoms with Gasteiger partial charge in [0.05, 0.1) is 6.42 Å².